The Balaban J connectivity index is 2.55. The summed E-state index contributed by atoms with van der Waals surface area (Å²) in [4.78, 5) is 4.53. The summed E-state index contributed by atoms with van der Waals surface area (Å²) in [6.07, 6.45) is 2.02. The van der Waals surface area contributed by atoms with Crippen molar-refractivity contribution in [1.82, 2.24) is 9.55 Å². The number of aromatic nitrogens is 2. The molecule has 0 aliphatic rings. The summed E-state index contributed by atoms with van der Waals surface area (Å²) in [5, 5.41) is 14.6. The lowest BCUT2D eigenvalue weighted by molar-refractivity contribution is 0.597. The normalized spacial score (nSPS) is 13.2. The molecule has 0 amide bonds. The van der Waals surface area contributed by atoms with E-state index in [4.69, 9.17) is 10.4 Å². The highest BCUT2D eigenvalue weighted by molar-refractivity contribution is 8.00. The van der Waals surface area contributed by atoms with E-state index < -0.39 is 10.0 Å². The minimum absolute atomic E-state index is 0.0463. The number of benzene rings is 1. The van der Waals surface area contributed by atoms with Crippen molar-refractivity contribution in [3.05, 3.63) is 18.2 Å². The maximum absolute atomic E-state index is 11.5. The van der Waals surface area contributed by atoms with Crippen molar-refractivity contribution in [2.45, 2.75) is 48.5 Å². The van der Waals surface area contributed by atoms with Gasteiger partial charge >= 0.3 is 0 Å². The molecular formula is C14H18N4O2S2. The van der Waals surface area contributed by atoms with Crippen molar-refractivity contribution < 1.29 is 8.42 Å². The molecule has 0 fully saturated rings. The van der Waals surface area contributed by atoms with Crippen LogP contribution in [0, 0.1) is 11.3 Å². The summed E-state index contributed by atoms with van der Waals surface area (Å²) >= 11 is 1.37. The molecule has 0 aliphatic carbocycles. The van der Waals surface area contributed by atoms with E-state index in [1.807, 2.05) is 11.5 Å². The molecule has 0 bridgehead atoms. The minimum atomic E-state index is -3.75. The fraction of sp³-hybridized carbons (Fsp3) is 0.429. The quantitative estimate of drug-likeness (QED) is 0.815. The molecule has 1 atom stereocenters. The number of nitriles is 1. The predicted molar refractivity (Wildman–Crippen MR) is 86.9 cm³/mol. The predicted octanol–water partition coefficient (Wildman–Crippen LogP) is 2.49. The molecule has 1 heterocycles. The fourth-order valence-electron chi connectivity index (χ4n) is 2.07. The lowest BCUT2D eigenvalue weighted by Gasteiger charge is -2.08. The number of nitrogens with two attached hydrogens (primary N) is 1. The van der Waals surface area contributed by atoms with Crippen LogP contribution in [0.2, 0.25) is 0 Å². The van der Waals surface area contributed by atoms with Crippen LogP contribution < -0.4 is 5.14 Å². The van der Waals surface area contributed by atoms with Crippen molar-refractivity contribution in [2.24, 2.45) is 5.14 Å². The summed E-state index contributed by atoms with van der Waals surface area (Å²) in [6.45, 7) is 4.69. The van der Waals surface area contributed by atoms with E-state index >= 15 is 0 Å². The lowest BCUT2D eigenvalue weighted by atomic mass is 10.3. The van der Waals surface area contributed by atoms with Crippen LogP contribution in [0.5, 0.6) is 0 Å². The van der Waals surface area contributed by atoms with Gasteiger partial charge < -0.3 is 4.57 Å². The van der Waals surface area contributed by atoms with Gasteiger partial charge in [-0.3, -0.25) is 0 Å². The molecule has 118 valence electrons. The third-order valence-corrected chi connectivity index (χ3v) is 5.10. The highest BCUT2D eigenvalue weighted by Crippen LogP contribution is 2.28. The Morgan fingerprint density at radius 3 is 2.82 bits per heavy atom. The van der Waals surface area contributed by atoms with Crippen LogP contribution in [0.25, 0.3) is 11.0 Å². The first-order valence-corrected chi connectivity index (χ1v) is 9.38. The molecule has 0 spiro atoms. The van der Waals surface area contributed by atoms with E-state index in [9.17, 15) is 8.42 Å². The number of thioether (sulfide) groups is 1. The number of nitrogens with zero attached hydrogens (tertiary/aromatic N) is 3. The van der Waals surface area contributed by atoms with Crippen molar-refractivity contribution in [2.75, 3.05) is 0 Å². The van der Waals surface area contributed by atoms with E-state index in [0.717, 1.165) is 30.1 Å². The standard InChI is InChI=1S/C14H18N4O2S2/c1-3-4-7-18-13-6-5-11(22(16,19)20)8-12(13)17-14(18)21-10(2)9-15/h5-6,8,10H,3-4,7H2,1-2H3,(H2,16,19,20). The van der Waals surface area contributed by atoms with Crippen LogP contribution >= 0.6 is 11.8 Å². The second-order valence-electron chi connectivity index (χ2n) is 4.98. The van der Waals surface area contributed by atoms with E-state index in [0.29, 0.717) is 5.52 Å². The molecule has 1 aromatic carbocycles. The molecule has 1 aromatic heterocycles. The SMILES string of the molecule is CCCCn1c(SC(C)C#N)nc2cc(S(N)(=O)=O)ccc21. The van der Waals surface area contributed by atoms with E-state index in [1.54, 1.807) is 6.07 Å². The molecule has 0 saturated carbocycles. The number of fused-ring (bicyclic) bond motifs is 1. The Labute approximate surface area is 134 Å². The first-order valence-electron chi connectivity index (χ1n) is 6.96. The van der Waals surface area contributed by atoms with Crippen LogP contribution in [0.4, 0.5) is 0 Å². The van der Waals surface area contributed by atoms with Crippen LogP contribution in [-0.2, 0) is 16.6 Å². The second kappa shape index (κ2) is 6.69. The third-order valence-electron chi connectivity index (χ3n) is 3.21. The molecule has 22 heavy (non-hydrogen) atoms. The third kappa shape index (κ3) is 3.61. The molecular weight excluding hydrogens is 320 g/mol. The van der Waals surface area contributed by atoms with E-state index in [2.05, 4.69) is 18.0 Å². The first kappa shape index (κ1) is 16.8. The van der Waals surface area contributed by atoms with Gasteiger partial charge in [0.1, 0.15) is 0 Å². The Hall–Kier alpha value is -1.56. The number of hydrogen-bond acceptors (Lipinski definition) is 5. The summed E-state index contributed by atoms with van der Waals surface area (Å²) < 4.78 is 25.0. The molecule has 0 radical (unpaired) electrons. The molecule has 2 aromatic rings. The number of aryl methyl sites for hydroxylation is 1. The highest BCUT2D eigenvalue weighted by atomic mass is 32.2. The zero-order valence-electron chi connectivity index (χ0n) is 12.5. The summed E-state index contributed by atoms with van der Waals surface area (Å²) in [5.41, 5.74) is 1.43. The molecule has 6 nitrogen and oxygen atoms in total. The Kier molecular flexibility index (Phi) is 5.11. The Bertz CT molecular complexity index is 821. The Morgan fingerprint density at radius 1 is 1.50 bits per heavy atom. The van der Waals surface area contributed by atoms with Crippen LogP contribution in [0.15, 0.2) is 28.3 Å². The van der Waals surface area contributed by atoms with E-state index in [1.165, 1.54) is 23.9 Å². The second-order valence-corrected chi connectivity index (χ2v) is 7.85. The number of sulfonamides is 1. The number of unbranched alkanes of at least 4 members (excludes halogenated alkanes) is 1. The monoisotopic (exact) mass is 338 g/mol. The van der Waals surface area contributed by atoms with Gasteiger partial charge in [0, 0.05) is 6.54 Å². The lowest BCUT2D eigenvalue weighted by Crippen LogP contribution is -2.11. The van der Waals surface area contributed by atoms with Gasteiger partial charge in [0.05, 0.1) is 27.2 Å². The van der Waals surface area contributed by atoms with Gasteiger partial charge in [0.2, 0.25) is 10.0 Å². The number of primary sulfonamides is 1. The summed E-state index contributed by atoms with van der Waals surface area (Å²) in [7, 11) is -3.75. The smallest absolute Gasteiger partial charge is 0.238 e. The summed E-state index contributed by atoms with van der Waals surface area (Å²) in [6, 6.07) is 6.86. The fourth-order valence-corrected chi connectivity index (χ4v) is 3.44. The van der Waals surface area contributed by atoms with Gasteiger partial charge in [0.15, 0.2) is 5.16 Å². The average Bonchev–Trinajstić information content (AvgIpc) is 2.80. The zero-order valence-corrected chi connectivity index (χ0v) is 14.1. The topological polar surface area (TPSA) is 102 Å². The maximum atomic E-state index is 11.5. The maximum Gasteiger partial charge on any atom is 0.238 e. The van der Waals surface area contributed by atoms with Crippen LogP contribution in [-0.4, -0.2) is 23.2 Å². The first-order chi connectivity index (χ1) is 10.4. The Morgan fingerprint density at radius 2 is 2.23 bits per heavy atom. The average molecular weight is 338 g/mol. The van der Waals surface area contributed by atoms with Gasteiger partial charge in [-0.1, -0.05) is 25.1 Å². The van der Waals surface area contributed by atoms with Gasteiger partial charge in [-0.2, -0.15) is 5.26 Å². The molecule has 0 aliphatic heterocycles. The molecule has 2 rings (SSSR count). The number of hydrogen-bond donors (Lipinski definition) is 1. The van der Waals surface area contributed by atoms with Crippen molar-refractivity contribution in [3.63, 3.8) is 0 Å². The minimum Gasteiger partial charge on any atom is -0.319 e. The van der Waals surface area contributed by atoms with Gasteiger partial charge in [0.25, 0.3) is 0 Å². The van der Waals surface area contributed by atoms with Crippen LogP contribution in [0.3, 0.4) is 0 Å². The zero-order chi connectivity index (χ0) is 16.3. The molecule has 1 unspecified atom stereocenters. The number of imidazole rings is 1. The molecule has 2 N–H and O–H groups in total. The van der Waals surface area contributed by atoms with E-state index in [-0.39, 0.29) is 10.1 Å². The molecule has 0 saturated heterocycles. The largest absolute Gasteiger partial charge is 0.319 e. The van der Waals surface area contributed by atoms with Crippen molar-refractivity contribution >= 4 is 32.8 Å². The molecule has 8 heteroatoms. The number of rotatable bonds is 6. The van der Waals surface area contributed by atoms with Crippen LogP contribution in [0.1, 0.15) is 26.7 Å². The van der Waals surface area contributed by atoms with Gasteiger partial charge in [-0.05, 0) is 31.5 Å². The van der Waals surface area contributed by atoms with Gasteiger partial charge in [-0.15, -0.1) is 0 Å². The van der Waals surface area contributed by atoms with Gasteiger partial charge in [-0.25, -0.2) is 18.5 Å². The summed E-state index contributed by atoms with van der Waals surface area (Å²) in [5.74, 6) is 0. The van der Waals surface area contributed by atoms with Crippen molar-refractivity contribution in [1.29, 1.82) is 5.26 Å². The van der Waals surface area contributed by atoms with Crippen molar-refractivity contribution in [3.8, 4) is 6.07 Å². The highest BCUT2D eigenvalue weighted by Gasteiger charge is 2.16.